The lowest BCUT2D eigenvalue weighted by molar-refractivity contribution is -0.117. The zero-order chi connectivity index (χ0) is 20.2. The van der Waals surface area contributed by atoms with Crippen molar-refractivity contribution in [2.75, 3.05) is 12.4 Å². The molecule has 2 aliphatic rings. The summed E-state index contributed by atoms with van der Waals surface area (Å²) in [6.07, 6.45) is 8.90. The van der Waals surface area contributed by atoms with Gasteiger partial charge in [-0.05, 0) is 35.9 Å². The standard InChI is InChI=1S/C23H19FN2O3/c1-28-21-13-7-5-11-19(21)25-22(27)16-14-15-8-2-6-12-20(15)29-23(16)26-18-10-4-3-9-17(18)24/h2-14,16,20H,1H3,(H,25,27). The summed E-state index contributed by atoms with van der Waals surface area (Å²) < 4.78 is 25.4. The number of methoxy groups -OCH3 is 1. The number of allylic oxidation sites excluding steroid dienone is 2. The maximum absolute atomic E-state index is 14.1. The Kier molecular flexibility index (Phi) is 5.24. The van der Waals surface area contributed by atoms with Gasteiger partial charge in [0.25, 0.3) is 0 Å². The molecule has 0 radical (unpaired) electrons. The van der Waals surface area contributed by atoms with Gasteiger partial charge in [-0.25, -0.2) is 9.38 Å². The summed E-state index contributed by atoms with van der Waals surface area (Å²) >= 11 is 0. The third-order valence-electron chi connectivity index (χ3n) is 4.62. The summed E-state index contributed by atoms with van der Waals surface area (Å²) in [6, 6.07) is 13.2. The van der Waals surface area contributed by atoms with Crippen LogP contribution in [-0.4, -0.2) is 25.0 Å². The normalized spacial score (nSPS) is 21.2. The van der Waals surface area contributed by atoms with Crippen LogP contribution in [0, 0.1) is 11.7 Å². The lowest BCUT2D eigenvalue weighted by atomic mass is 9.94. The first-order valence-electron chi connectivity index (χ1n) is 9.16. The molecule has 2 unspecified atom stereocenters. The summed E-state index contributed by atoms with van der Waals surface area (Å²) in [7, 11) is 1.53. The minimum absolute atomic E-state index is 0.116. The molecule has 1 heterocycles. The molecular weight excluding hydrogens is 371 g/mol. The van der Waals surface area contributed by atoms with Crippen molar-refractivity contribution >= 4 is 23.2 Å². The fourth-order valence-electron chi connectivity index (χ4n) is 3.17. The van der Waals surface area contributed by atoms with E-state index in [9.17, 15) is 9.18 Å². The van der Waals surface area contributed by atoms with Crippen LogP contribution >= 0.6 is 0 Å². The van der Waals surface area contributed by atoms with E-state index in [0.717, 1.165) is 5.57 Å². The fourth-order valence-corrected chi connectivity index (χ4v) is 3.17. The van der Waals surface area contributed by atoms with Gasteiger partial charge >= 0.3 is 0 Å². The van der Waals surface area contributed by atoms with Crippen LogP contribution < -0.4 is 10.1 Å². The van der Waals surface area contributed by atoms with Crippen LogP contribution in [0.1, 0.15) is 0 Å². The van der Waals surface area contributed by atoms with E-state index in [-0.39, 0.29) is 23.6 Å². The monoisotopic (exact) mass is 390 g/mol. The molecule has 2 aromatic rings. The Hall–Kier alpha value is -3.67. The second-order valence-corrected chi connectivity index (χ2v) is 6.52. The van der Waals surface area contributed by atoms with Crippen LogP contribution in [0.15, 0.2) is 89.5 Å². The van der Waals surface area contributed by atoms with Gasteiger partial charge in [-0.15, -0.1) is 0 Å². The van der Waals surface area contributed by atoms with E-state index >= 15 is 0 Å². The molecule has 4 rings (SSSR count). The number of halogens is 1. The molecule has 6 heteroatoms. The topological polar surface area (TPSA) is 59.9 Å². The van der Waals surface area contributed by atoms with E-state index in [0.29, 0.717) is 11.4 Å². The molecular formula is C23H19FN2O3. The quantitative estimate of drug-likeness (QED) is 0.832. The van der Waals surface area contributed by atoms with Crippen molar-refractivity contribution in [3.05, 3.63) is 90.3 Å². The largest absolute Gasteiger partial charge is 0.495 e. The summed E-state index contributed by atoms with van der Waals surface area (Å²) in [5.74, 6) is -0.978. The Labute approximate surface area is 167 Å². The summed E-state index contributed by atoms with van der Waals surface area (Å²) in [5.41, 5.74) is 1.50. The molecule has 146 valence electrons. The maximum Gasteiger partial charge on any atom is 0.240 e. The maximum atomic E-state index is 14.1. The first-order valence-corrected chi connectivity index (χ1v) is 9.16. The molecule has 1 amide bonds. The van der Waals surface area contributed by atoms with E-state index in [1.807, 2.05) is 30.4 Å². The number of ether oxygens (including phenoxy) is 2. The zero-order valence-electron chi connectivity index (χ0n) is 15.7. The molecule has 1 N–H and O–H groups in total. The van der Waals surface area contributed by atoms with Gasteiger partial charge in [-0.1, -0.05) is 48.6 Å². The van der Waals surface area contributed by atoms with Crippen LogP contribution in [-0.2, 0) is 9.53 Å². The molecule has 1 aliphatic carbocycles. The average molecular weight is 390 g/mol. The van der Waals surface area contributed by atoms with E-state index < -0.39 is 11.7 Å². The number of nitrogens with one attached hydrogen (secondary N) is 1. The van der Waals surface area contributed by atoms with Gasteiger partial charge in [-0.2, -0.15) is 0 Å². The van der Waals surface area contributed by atoms with Gasteiger partial charge in [0.05, 0.1) is 12.8 Å². The number of hydrogen-bond acceptors (Lipinski definition) is 4. The number of amides is 1. The van der Waals surface area contributed by atoms with Crippen molar-refractivity contribution in [3.63, 3.8) is 0 Å². The van der Waals surface area contributed by atoms with Crippen LogP contribution in [0.2, 0.25) is 0 Å². The van der Waals surface area contributed by atoms with Crippen molar-refractivity contribution in [2.24, 2.45) is 10.9 Å². The van der Waals surface area contributed by atoms with E-state index in [2.05, 4.69) is 10.3 Å². The lowest BCUT2D eigenvalue weighted by Crippen LogP contribution is -2.37. The zero-order valence-corrected chi connectivity index (χ0v) is 15.7. The number of nitrogens with zero attached hydrogens (tertiary/aromatic N) is 1. The Morgan fingerprint density at radius 2 is 1.93 bits per heavy atom. The van der Waals surface area contributed by atoms with E-state index in [1.165, 1.54) is 19.2 Å². The highest BCUT2D eigenvalue weighted by Crippen LogP contribution is 2.30. The van der Waals surface area contributed by atoms with Crippen LogP contribution in [0.4, 0.5) is 15.8 Å². The van der Waals surface area contributed by atoms with Crippen molar-refractivity contribution in [3.8, 4) is 5.75 Å². The Morgan fingerprint density at radius 1 is 1.14 bits per heavy atom. The number of anilines is 1. The van der Waals surface area contributed by atoms with E-state index in [4.69, 9.17) is 9.47 Å². The SMILES string of the molecule is COc1ccccc1NC(=O)C1C=C2C=CC=CC2OC1=Nc1ccccc1F. The van der Waals surface area contributed by atoms with Crippen LogP contribution in [0.25, 0.3) is 0 Å². The molecule has 0 fully saturated rings. The molecule has 1 aliphatic heterocycles. The van der Waals surface area contributed by atoms with Crippen molar-refractivity contribution in [1.29, 1.82) is 0 Å². The van der Waals surface area contributed by atoms with Crippen LogP contribution in [0.3, 0.4) is 0 Å². The first-order chi connectivity index (χ1) is 14.2. The molecule has 5 nitrogen and oxygen atoms in total. The highest BCUT2D eigenvalue weighted by molar-refractivity contribution is 6.10. The van der Waals surface area contributed by atoms with Gasteiger partial charge < -0.3 is 14.8 Å². The van der Waals surface area contributed by atoms with Gasteiger partial charge in [0.15, 0.2) is 0 Å². The number of para-hydroxylation sites is 3. The molecule has 0 spiro atoms. The second-order valence-electron chi connectivity index (χ2n) is 6.52. The summed E-state index contributed by atoms with van der Waals surface area (Å²) in [5, 5.41) is 2.85. The first kappa shape index (κ1) is 18.7. The smallest absolute Gasteiger partial charge is 0.240 e. The van der Waals surface area contributed by atoms with Gasteiger partial charge in [0.2, 0.25) is 11.8 Å². The highest BCUT2D eigenvalue weighted by Gasteiger charge is 2.33. The minimum atomic E-state index is -0.818. The third kappa shape index (κ3) is 3.96. The lowest BCUT2D eigenvalue weighted by Gasteiger charge is -2.29. The second kappa shape index (κ2) is 8.14. The number of fused-ring (bicyclic) bond motifs is 1. The number of aliphatic imine (C=N–C) groups is 1. The van der Waals surface area contributed by atoms with E-state index in [1.54, 1.807) is 36.4 Å². The highest BCUT2D eigenvalue weighted by atomic mass is 19.1. The van der Waals surface area contributed by atoms with Gasteiger partial charge in [0, 0.05) is 0 Å². The number of carbonyl (C=O) groups is 1. The third-order valence-corrected chi connectivity index (χ3v) is 4.62. The minimum Gasteiger partial charge on any atom is -0.495 e. The molecule has 29 heavy (non-hydrogen) atoms. The Bertz CT molecular complexity index is 1060. The van der Waals surface area contributed by atoms with Crippen LogP contribution in [0.5, 0.6) is 5.75 Å². The predicted molar refractivity (Wildman–Crippen MR) is 110 cm³/mol. The number of rotatable bonds is 4. The Balaban J connectivity index is 1.70. The van der Waals surface area contributed by atoms with Crippen molar-refractivity contribution in [1.82, 2.24) is 0 Å². The number of carbonyl (C=O) groups excluding carboxylic acids is 1. The van der Waals surface area contributed by atoms with Gasteiger partial charge in [0.1, 0.15) is 29.3 Å². The van der Waals surface area contributed by atoms with Crippen molar-refractivity contribution < 1.29 is 18.7 Å². The molecule has 0 aromatic heterocycles. The Morgan fingerprint density at radius 3 is 2.76 bits per heavy atom. The van der Waals surface area contributed by atoms with Gasteiger partial charge in [-0.3, -0.25) is 4.79 Å². The summed E-state index contributed by atoms with van der Waals surface area (Å²) in [4.78, 5) is 17.4. The van der Waals surface area contributed by atoms with Crippen molar-refractivity contribution in [2.45, 2.75) is 6.10 Å². The average Bonchev–Trinajstić information content (AvgIpc) is 2.75. The molecule has 2 atom stereocenters. The molecule has 2 aromatic carbocycles. The predicted octanol–water partition coefficient (Wildman–Crippen LogP) is 4.57. The summed E-state index contributed by atoms with van der Waals surface area (Å²) in [6.45, 7) is 0. The fraction of sp³-hybridized carbons (Fsp3) is 0.130. The molecule has 0 saturated carbocycles. The number of hydrogen-bond donors (Lipinski definition) is 1. The molecule has 0 saturated heterocycles. The number of benzene rings is 2. The molecule has 0 bridgehead atoms.